The summed E-state index contributed by atoms with van der Waals surface area (Å²) in [6.07, 6.45) is 10.8. The first kappa shape index (κ1) is 16.0. The quantitative estimate of drug-likeness (QED) is 0.532. The first-order valence-electron chi connectivity index (χ1n) is 8.20. The summed E-state index contributed by atoms with van der Waals surface area (Å²) in [6.45, 7) is 0. The molecule has 2 aliphatic rings. The zero-order chi connectivity index (χ0) is 14.7. The maximum atomic E-state index is 6.54. The highest BCUT2D eigenvalue weighted by Crippen LogP contribution is 2.44. The molecule has 0 aromatic heterocycles. The number of hydrogen-bond donors (Lipinski definition) is 0. The molecule has 2 unspecified atom stereocenters. The number of halogens is 2. The van der Waals surface area contributed by atoms with Crippen LogP contribution in [0.2, 0.25) is 0 Å². The summed E-state index contributed by atoms with van der Waals surface area (Å²) in [4.78, 5) is 0. The largest absolute Gasteiger partial charge is 0.372 e. The van der Waals surface area contributed by atoms with Crippen molar-refractivity contribution in [3.05, 3.63) is 34.3 Å². The summed E-state index contributed by atoms with van der Waals surface area (Å²) >= 11 is 7.21. The summed E-state index contributed by atoms with van der Waals surface area (Å²) in [7, 11) is 0. The Morgan fingerprint density at radius 1 is 1.10 bits per heavy atom. The molecule has 116 valence electrons. The molecule has 3 heteroatoms. The Balaban J connectivity index is 1.61. The minimum atomic E-state index is 0.249. The second kappa shape index (κ2) is 7.14. The predicted molar refractivity (Wildman–Crippen MR) is 95.2 cm³/mol. The minimum absolute atomic E-state index is 0.249. The lowest BCUT2D eigenvalue weighted by Gasteiger charge is -2.33. The fraction of sp³-hybridized carbons (Fsp3) is 0.667. The normalized spacial score (nSPS) is 26.1. The Morgan fingerprint density at radius 3 is 2.48 bits per heavy atom. The van der Waals surface area contributed by atoms with Gasteiger partial charge in [0, 0.05) is 9.80 Å². The second-order valence-corrected chi connectivity index (χ2v) is 8.22. The van der Waals surface area contributed by atoms with E-state index in [4.69, 9.17) is 4.74 Å². The summed E-state index contributed by atoms with van der Waals surface area (Å²) in [6, 6.07) is 8.76. The molecule has 1 saturated heterocycles. The third-order valence-corrected chi connectivity index (χ3v) is 6.49. The first-order chi connectivity index (χ1) is 10.2. The van der Waals surface area contributed by atoms with E-state index in [1.807, 2.05) is 0 Å². The molecule has 21 heavy (non-hydrogen) atoms. The van der Waals surface area contributed by atoms with E-state index in [9.17, 15) is 0 Å². The molecule has 1 nitrogen and oxygen atoms in total. The van der Waals surface area contributed by atoms with Crippen LogP contribution in [-0.2, 0) is 4.74 Å². The highest BCUT2D eigenvalue weighted by Gasteiger charge is 2.41. The smallest absolute Gasteiger partial charge is 0.0687 e. The van der Waals surface area contributed by atoms with E-state index in [1.165, 1.54) is 50.5 Å². The van der Waals surface area contributed by atoms with Crippen LogP contribution in [0.5, 0.6) is 0 Å². The van der Waals surface area contributed by atoms with Gasteiger partial charge in [0.1, 0.15) is 0 Å². The maximum absolute atomic E-state index is 6.54. The van der Waals surface area contributed by atoms with Crippen LogP contribution in [0.25, 0.3) is 0 Å². The van der Waals surface area contributed by atoms with Gasteiger partial charge < -0.3 is 4.74 Å². The van der Waals surface area contributed by atoms with Crippen molar-refractivity contribution < 1.29 is 4.74 Å². The van der Waals surface area contributed by atoms with Crippen molar-refractivity contribution in [3.8, 4) is 0 Å². The molecule has 1 heterocycles. The standard InChI is InChI=1S/C18H24Br2O/c19-13-15(14-4-6-16(20)7-5-14)12-17-8-11-18(21-17)9-2-1-3-10-18/h4-7,15,17H,1-3,8-13H2. The molecule has 0 bridgehead atoms. The zero-order valence-electron chi connectivity index (χ0n) is 12.5. The van der Waals surface area contributed by atoms with Crippen LogP contribution in [0.4, 0.5) is 0 Å². The third-order valence-electron chi connectivity index (χ3n) is 5.18. The van der Waals surface area contributed by atoms with Crippen molar-refractivity contribution in [2.24, 2.45) is 0 Å². The topological polar surface area (TPSA) is 9.23 Å². The van der Waals surface area contributed by atoms with Gasteiger partial charge in [-0.25, -0.2) is 0 Å². The molecule has 0 radical (unpaired) electrons. The van der Waals surface area contributed by atoms with Crippen LogP contribution in [-0.4, -0.2) is 17.0 Å². The highest BCUT2D eigenvalue weighted by molar-refractivity contribution is 9.10. The van der Waals surface area contributed by atoms with Crippen LogP contribution in [0, 0.1) is 0 Å². The van der Waals surface area contributed by atoms with Crippen LogP contribution in [0.1, 0.15) is 62.8 Å². The van der Waals surface area contributed by atoms with E-state index in [-0.39, 0.29) is 5.60 Å². The monoisotopic (exact) mass is 414 g/mol. The van der Waals surface area contributed by atoms with E-state index in [1.54, 1.807) is 0 Å². The van der Waals surface area contributed by atoms with Gasteiger partial charge in [0.2, 0.25) is 0 Å². The van der Waals surface area contributed by atoms with E-state index in [0.717, 1.165) is 16.2 Å². The van der Waals surface area contributed by atoms with Gasteiger partial charge in [-0.3, -0.25) is 0 Å². The first-order valence-corrected chi connectivity index (χ1v) is 10.1. The lowest BCUT2D eigenvalue weighted by atomic mass is 9.83. The van der Waals surface area contributed by atoms with Crippen molar-refractivity contribution in [3.63, 3.8) is 0 Å². The van der Waals surface area contributed by atoms with Gasteiger partial charge in [-0.2, -0.15) is 0 Å². The predicted octanol–water partition coefficient (Wildman–Crippen LogP) is 6.20. The fourth-order valence-electron chi connectivity index (χ4n) is 3.97. The fourth-order valence-corrected chi connectivity index (χ4v) is 4.87. The van der Waals surface area contributed by atoms with Gasteiger partial charge >= 0.3 is 0 Å². The number of hydrogen-bond acceptors (Lipinski definition) is 1. The molecule has 0 N–H and O–H groups in total. The van der Waals surface area contributed by atoms with Crippen molar-refractivity contribution >= 4 is 31.9 Å². The van der Waals surface area contributed by atoms with Gasteiger partial charge in [-0.05, 0) is 55.7 Å². The average molecular weight is 416 g/mol. The Labute approximate surface area is 145 Å². The Hall–Kier alpha value is 0.140. The average Bonchev–Trinajstić information content (AvgIpc) is 2.89. The SMILES string of the molecule is BrCC(CC1CCC2(CCCCC2)O1)c1ccc(Br)cc1. The van der Waals surface area contributed by atoms with E-state index >= 15 is 0 Å². The number of ether oxygens (including phenoxy) is 1. The highest BCUT2D eigenvalue weighted by atomic mass is 79.9. The van der Waals surface area contributed by atoms with Crippen molar-refractivity contribution in [1.29, 1.82) is 0 Å². The van der Waals surface area contributed by atoms with Crippen molar-refractivity contribution in [1.82, 2.24) is 0 Å². The maximum Gasteiger partial charge on any atom is 0.0687 e. The minimum Gasteiger partial charge on any atom is -0.372 e. The molecule has 1 aromatic rings. The third kappa shape index (κ3) is 3.92. The van der Waals surface area contributed by atoms with Gasteiger partial charge in [0.25, 0.3) is 0 Å². The van der Waals surface area contributed by atoms with Crippen LogP contribution >= 0.6 is 31.9 Å². The molecule has 1 spiro atoms. The summed E-state index contributed by atoms with van der Waals surface area (Å²) < 4.78 is 7.69. The molecule has 1 aliphatic carbocycles. The molecule has 2 fully saturated rings. The molecule has 1 aliphatic heterocycles. The Morgan fingerprint density at radius 2 is 1.81 bits per heavy atom. The molecular formula is C18H24Br2O. The van der Waals surface area contributed by atoms with Crippen LogP contribution < -0.4 is 0 Å². The zero-order valence-corrected chi connectivity index (χ0v) is 15.7. The summed E-state index contributed by atoms with van der Waals surface area (Å²) in [5, 5.41) is 1.02. The summed E-state index contributed by atoms with van der Waals surface area (Å²) in [5.74, 6) is 0.557. The molecule has 0 amide bonds. The Bertz CT molecular complexity index is 451. The molecule has 1 aromatic carbocycles. The molecule has 2 atom stereocenters. The van der Waals surface area contributed by atoms with E-state index < -0.39 is 0 Å². The second-order valence-electron chi connectivity index (χ2n) is 6.66. The van der Waals surface area contributed by atoms with Crippen molar-refractivity contribution in [2.75, 3.05) is 5.33 Å². The van der Waals surface area contributed by atoms with Crippen molar-refractivity contribution in [2.45, 2.75) is 69.0 Å². The van der Waals surface area contributed by atoms with Gasteiger partial charge in [0.05, 0.1) is 11.7 Å². The summed E-state index contributed by atoms with van der Waals surface area (Å²) in [5.41, 5.74) is 1.67. The van der Waals surface area contributed by atoms with Gasteiger partial charge in [0.15, 0.2) is 0 Å². The lowest BCUT2D eigenvalue weighted by Crippen LogP contribution is -2.32. The number of alkyl halides is 1. The Kier molecular flexibility index (Phi) is 5.45. The number of rotatable bonds is 4. The van der Waals surface area contributed by atoms with Crippen LogP contribution in [0.3, 0.4) is 0 Å². The molecule has 3 rings (SSSR count). The van der Waals surface area contributed by atoms with Gasteiger partial charge in [-0.1, -0.05) is 63.3 Å². The molecular weight excluding hydrogens is 392 g/mol. The van der Waals surface area contributed by atoms with Gasteiger partial charge in [-0.15, -0.1) is 0 Å². The molecule has 1 saturated carbocycles. The lowest BCUT2D eigenvalue weighted by molar-refractivity contribution is -0.0668. The van der Waals surface area contributed by atoms with E-state index in [0.29, 0.717) is 12.0 Å². The van der Waals surface area contributed by atoms with E-state index in [2.05, 4.69) is 56.1 Å². The number of benzene rings is 1. The van der Waals surface area contributed by atoms with Crippen LogP contribution in [0.15, 0.2) is 28.7 Å².